The first kappa shape index (κ1) is 14.5. The van der Waals surface area contributed by atoms with Crippen LogP contribution in [-0.4, -0.2) is 31.1 Å². The van der Waals surface area contributed by atoms with Crippen LogP contribution in [0.1, 0.15) is 25.0 Å². The number of nitrogens with one attached hydrogen (secondary N) is 1. The molecule has 0 amide bonds. The molecule has 0 heterocycles. The van der Waals surface area contributed by atoms with Crippen molar-refractivity contribution in [3.8, 4) is 0 Å². The minimum absolute atomic E-state index is 0.469. The van der Waals surface area contributed by atoms with Gasteiger partial charge in [-0.2, -0.15) is 0 Å². The summed E-state index contributed by atoms with van der Waals surface area (Å²) in [5.74, 6) is 0. The maximum absolute atomic E-state index is 6.26. The lowest BCUT2D eigenvalue weighted by atomic mass is 10.1. The van der Waals surface area contributed by atoms with E-state index in [1.165, 1.54) is 5.56 Å². The molecule has 0 saturated heterocycles. The molecule has 0 fully saturated rings. The van der Waals surface area contributed by atoms with Crippen LogP contribution in [-0.2, 0) is 6.54 Å². The Hall–Kier alpha value is -0.570. The second-order valence-electron chi connectivity index (χ2n) is 4.68. The molecule has 0 aromatic heterocycles. The number of hydrogen-bond acceptors (Lipinski definition) is 2. The van der Waals surface area contributed by atoms with Gasteiger partial charge in [-0.25, -0.2) is 0 Å². The molecule has 0 aliphatic rings. The Balaban J connectivity index is 2.47. The van der Waals surface area contributed by atoms with E-state index in [4.69, 9.17) is 11.6 Å². The van der Waals surface area contributed by atoms with Crippen molar-refractivity contribution in [2.45, 2.75) is 33.4 Å². The lowest BCUT2D eigenvalue weighted by Gasteiger charge is -2.21. The average molecular weight is 255 g/mol. The van der Waals surface area contributed by atoms with Gasteiger partial charge in [-0.1, -0.05) is 36.7 Å². The van der Waals surface area contributed by atoms with Gasteiger partial charge in [0, 0.05) is 24.2 Å². The number of benzene rings is 1. The van der Waals surface area contributed by atoms with Gasteiger partial charge in [0.25, 0.3) is 0 Å². The fraction of sp³-hybridized carbons (Fsp3) is 0.571. The van der Waals surface area contributed by atoms with Crippen molar-refractivity contribution in [1.82, 2.24) is 10.2 Å². The Morgan fingerprint density at radius 3 is 2.76 bits per heavy atom. The van der Waals surface area contributed by atoms with Crippen LogP contribution in [0.4, 0.5) is 0 Å². The second-order valence-corrected chi connectivity index (χ2v) is 5.06. The molecule has 0 radical (unpaired) electrons. The molecule has 0 aliphatic carbocycles. The van der Waals surface area contributed by atoms with Gasteiger partial charge in [0.2, 0.25) is 0 Å². The Labute approximate surface area is 110 Å². The van der Waals surface area contributed by atoms with Gasteiger partial charge < -0.3 is 10.2 Å². The van der Waals surface area contributed by atoms with Gasteiger partial charge in [0.15, 0.2) is 0 Å². The van der Waals surface area contributed by atoms with E-state index in [2.05, 4.69) is 43.2 Å². The average Bonchev–Trinajstić information content (AvgIpc) is 2.31. The van der Waals surface area contributed by atoms with Crippen molar-refractivity contribution >= 4 is 11.6 Å². The van der Waals surface area contributed by atoms with Gasteiger partial charge >= 0.3 is 0 Å². The van der Waals surface area contributed by atoms with Gasteiger partial charge in [-0.15, -0.1) is 0 Å². The van der Waals surface area contributed by atoms with Gasteiger partial charge in [-0.05, 0) is 38.6 Å². The highest BCUT2D eigenvalue weighted by molar-refractivity contribution is 6.32. The molecule has 2 nitrogen and oxygen atoms in total. The highest BCUT2D eigenvalue weighted by Crippen LogP contribution is 2.19. The van der Waals surface area contributed by atoms with Gasteiger partial charge in [0.05, 0.1) is 0 Å². The normalized spacial score (nSPS) is 13.1. The second kappa shape index (κ2) is 7.00. The Bertz CT molecular complexity index is 352. The zero-order valence-corrected chi connectivity index (χ0v) is 12.0. The number of nitrogens with zero attached hydrogens (tertiary/aromatic N) is 1. The van der Waals surface area contributed by atoms with Crippen molar-refractivity contribution in [3.63, 3.8) is 0 Å². The van der Waals surface area contributed by atoms with Crippen molar-refractivity contribution in [1.29, 1.82) is 0 Å². The van der Waals surface area contributed by atoms with E-state index in [1.54, 1.807) is 0 Å². The van der Waals surface area contributed by atoms with E-state index in [9.17, 15) is 0 Å². The lowest BCUT2D eigenvalue weighted by Crippen LogP contribution is -2.37. The van der Waals surface area contributed by atoms with E-state index < -0.39 is 0 Å². The van der Waals surface area contributed by atoms with Crippen molar-refractivity contribution in [2.75, 3.05) is 20.1 Å². The highest BCUT2D eigenvalue weighted by Gasteiger charge is 2.07. The molecule has 1 aromatic carbocycles. The van der Waals surface area contributed by atoms with E-state index >= 15 is 0 Å². The van der Waals surface area contributed by atoms with E-state index in [1.807, 2.05) is 13.0 Å². The molecule has 0 aliphatic heterocycles. The minimum atomic E-state index is 0.469. The number of halogens is 1. The first-order chi connectivity index (χ1) is 8.04. The fourth-order valence-corrected chi connectivity index (χ4v) is 1.98. The van der Waals surface area contributed by atoms with Crippen molar-refractivity contribution in [3.05, 3.63) is 34.3 Å². The topological polar surface area (TPSA) is 15.3 Å². The van der Waals surface area contributed by atoms with E-state index in [0.29, 0.717) is 6.04 Å². The Morgan fingerprint density at radius 2 is 2.12 bits per heavy atom. The number of aryl methyl sites for hydroxylation is 1. The predicted molar refractivity (Wildman–Crippen MR) is 75.7 cm³/mol. The van der Waals surface area contributed by atoms with E-state index in [0.717, 1.165) is 30.2 Å². The third kappa shape index (κ3) is 4.66. The monoisotopic (exact) mass is 254 g/mol. The summed E-state index contributed by atoms with van der Waals surface area (Å²) in [6, 6.07) is 6.65. The third-order valence-electron chi connectivity index (χ3n) is 3.04. The van der Waals surface area contributed by atoms with E-state index in [-0.39, 0.29) is 0 Å². The number of rotatable bonds is 6. The van der Waals surface area contributed by atoms with Crippen LogP contribution in [0.3, 0.4) is 0 Å². The molecule has 1 N–H and O–H groups in total. The standard InChI is InChI=1S/C14H23ClN2/c1-5-17(4)10-12(3)16-9-13-8-6-7-11(2)14(13)15/h6-8,12,16H,5,9-10H2,1-4H3. The highest BCUT2D eigenvalue weighted by atomic mass is 35.5. The Morgan fingerprint density at radius 1 is 1.41 bits per heavy atom. The minimum Gasteiger partial charge on any atom is -0.309 e. The summed E-state index contributed by atoms with van der Waals surface area (Å²) in [4.78, 5) is 2.30. The molecular formula is C14H23ClN2. The van der Waals surface area contributed by atoms with Crippen LogP contribution in [0.15, 0.2) is 18.2 Å². The number of likely N-dealkylation sites (N-methyl/N-ethyl adjacent to an activating group) is 1. The SMILES string of the molecule is CCN(C)CC(C)NCc1cccc(C)c1Cl. The molecule has 0 spiro atoms. The van der Waals surface area contributed by atoms with Crippen molar-refractivity contribution in [2.24, 2.45) is 0 Å². The van der Waals surface area contributed by atoms with Crippen LogP contribution in [0.25, 0.3) is 0 Å². The largest absolute Gasteiger partial charge is 0.309 e. The lowest BCUT2D eigenvalue weighted by molar-refractivity contribution is 0.309. The number of hydrogen-bond donors (Lipinski definition) is 1. The van der Waals surface area contributed by atoms with Gasteiger partial charge in [0.1, 0.15) is 0 Å². The van der Waals surface area contributed by atoms with Crippen LogP contribution in [0.2, 0.25) is 5.02 Å². The molecule has 1 rings (SSSR count). The molecule has 1 unspecified atom stereocenters. The molecule has 1 atom stereocenters. The molecule has 3 heteroatoms. The maximum Gasteiger partial charge on any atom is 0.0480 e. The maximum atomic E-state index is 6.26. The summed E-state index contributed by atoms with van der Waals surface area (Å²) in [5, 5.41) is 4.39. The zero-order chi connectivity index (χ0) is 12.8. The quantitative estimate of drug-likeness (QED) is 0.839. The van der Waals surface area contributed by atoms with Crippen LogP contribution < -0.4 is 5.32 Å². The Kier molecular flexibility index (Phi) is 5.96. The predicted octanol–water partition coefficient (Wildman–Crippen LogP) is 3.08. The molecule has 96 valence electrons. The molecule has 0 bridgehead atoms. The molecule has 1 aromatic rings. The van der Waals surface area contributed by atoms with Crippen LogP contribution >= 0.6 is 11.6 Å². The molecule has 0 saturated carbocycles. The smallest absolute Gasteiger partial charge is 0.0480 e. The third-order valence-corrected chi connectivity index (χ3v) is 3.58. The van der Waals surface area contributed by atoms with Crippen molar-refractivity contribution < 1.29 is 0 Å². The molecule has 17 heavy (non-hydrogen) atoms. The summed E-state index contributed by atoms with van der Waals surface area (Å²) < 4.78 is 0. The summed E-state index contributed by atoms with van der Waals surface area (Å²) >= 11 is 6.26. The van der Waals surface area contributed by atoms with Gasteiger partial charge in [-0.3, -0.25) is 0 Å². The first-order valence-electron chi connectivity index (χ1n) is 6.20. The van der Waals surface area contributed by atoms with Crippen LogP contribution in [0, 0.1) is 6.92 Å². The van der Waals surface area contributed by atoms with Crippen LogP contribution in [0.5, 0.6) is 0 Å². The fourth-order valence-electron chi connectivity index (χ4n) is 1.79. The summed E-state index contributed by atoms with van der Waals surface area (Å²) in [7, 11) is 2.14. The summed E-state index contributed by atoms with van der Waals surface area (Å²) in [5.41, 5.74) is 2.32. The molecular weight excluding hydrogens is 232 g/mol. The first-order valence-corrected chi connectivity index (χ1v) is 6.58. The summed E-state index contributed by atoms with van der Waals surface area (Å²) in [6.45, 7) is 9.39. The summed E-state index contributed by atoms with van der Waals surface area (Å²) in [6.07, 6.45) is 0. The zero-order valence-electron chi connectivity index (χ0n) is 11.3.